The van der Waals surface area contributed by atoms with Gasteiger partial charge in [-0.1, -0.05) is 12.1 Å². The normalized spacial score (nSPS) is 9.00. The molecule has 1 aromatic rings. The van der Waals surface area contributed by atoms with Gasteiger partial charge in [-0.25, -0.2) is 4.98 Å². The Morgan fingerprint density at radius 3 is 3.00 bits per heavy atom. The van der Waals surface area contributed by atoms with Gasteiger partial charge in [0.15, 0.2) is 0 Å². The van der Waals surface area contributed by atoms with E-state index in [-0.39, 0.29) is 0 Å². The molecule has 0 aliphatic rings. The molecule has 0 amide bonds. The molecule has 1 rings (SSSR count). The highest BCUT2D eigenvalue weighted by Crippen LogP contribution is 1.81. The maximum Gasteiger partial charge on any atom is 0.147 e. The van der Waals surface area contributed by atoms with E-state index in [4.69, 9.17) is 5.41 Å². The summed E-state index contributed by atoms with van der Waals surface area (Å²) < 4.78 is 0. The molecule has 0 aliphatic heterocycles. The van der Waals surface area contributed by atoms with Crippen molar-refractivity contribution >= 4 is 0 Å². The summed E-state index contributed by atoms with van der Waals surface area (Å²) in [5.74, 6) is 0. The number of nitrogens with zero attached hydrogens (tertiary/aromatic N) is 1. The number of aromatic nitrogens is 1. The van der Waals surface area contributed by atoms with Gasteiger partial charge in [-0.3, -0.25) is 5.41 Å². The van der Waals surface area contributed by atoms with Crippen molar-refractivity contribution in [2.24, 2.45) is 0 Å². The maximum absolute atomic E-state index is 7.23. The summed E-state index contributed by atoms with van der Waals surface area (Å²) in [4.78, 5) is 3.81. The average Bonchev–Trinajstić information content (AvgIpc) is 1.99. The fourth-order valence-electron chi connectivity index (χ4n) is 0.548. The van der Waals surface area contributed by atoms with E-state index in [0.29, 0.717) is 5.49 Å². The van der Waals surface area contributed by atoms with E-state index >= 15 is 0 Å². The molecule has 0 aliphatic carbocycles. The molecule has 0 saturated heterocycles. The van der Waals surface area contributed by atoms with Crippen LogP contribution in [0.5, 0.6) is 0 Å². The second-order valence-electron chi connectivity index (χ2n) is 1.86. The van der Waals surface area contributed by atoms with Crippen LogP contribution in [0.1, 0.15) is 5.56 Å². The first kappa shape index (κ1) is 5.95. The molecule has 2 nitrogen and oxygen atoms in total. The van der Waals surface area contributed by atoms with Crippen LogP contribution in [0.2, 0.25) is 0 Å². The fourth-order valence-corrected chi connectivity index (χ4v) is 0.548. The van der Waals surface area contributed by atoms with Crippen molar-refractivity contribution < 1.29 is 0 Å². The van der Waals surface area contributed by atoms with Gasteiger partial charge in [0.05, 0.1) is 0 Å². The Labute approximate surface area is 53.7 Å². The van der Waals surface area contributed by atoms with Gasteiger partial charge in [-0.15, -0.1) is 0 Å². The predicted molar refractivity (Wildman–Crippen MR) is 34.8 cm³/mol. The fraction of sp³-hybridized carbons (Fsp3) is 0.143. The second-order valence-corrected chi connectivity index (χ2v) is 1.86. The molecule has 0 saturated carbocycles. The molecule has 0 spiro atoms. The lowest BCUT2D eigenvalue weighted by atomic mass is 10.3. The SMILES string of the molecule is Cc1ccccnc1=N. The Morgan fingerprint density at radius 2 is 2.22 bits per heavy atom. The minimum Gasteiger partial charge on any atom is -0.283 e. The Morgan fingerprint density at radius 1 is 1.44 bits per heavy atom. The molecule has 46 valence electrons. The van der Waals surface area contributed by atoms with Gasteiger partial charge in [0.1, 0.15) is 5.49 Å². The first-order chi connectivity index (χ1) is 4.30. The molecule has 0 unspecified atom stereocenters. The monoisotopic (exact) mass is 120 g/mol. The molecule has 0 bridgehead atoms. The summed E-state index contributed by atoms with van der Waals surface area (Å²) in [7, 11) is 0. The molecule has 0 atom stereocenters. The zero-order valence-electron chi connectivity index (χ0n) is 5.26. The van der Waals surface area contributed by atoms with E-state index in [2.05, 4.69) is 4.98 Å². The van der Waals surface area contributed by atoms with Crippen LogP contribution in [-0.2, 0) is 0 Å². The minimum atomic E-state index is 0.347. The summed E-state index contributed by atoms with van der Waals surface area (Å²) >= 11 is 0. The number of hydrogen-bond donors (Lipinski definition) is 1. The number of rotatable bonds is 0. The van der Waals surface area contributed by atoms with E-state index in [9.17, 15) is 0 Å². The highest BCUT2D eigenvalue weighted by Gasteiger charge is 1.80. The first-order valence-corrected chi connectivity index (χ1v) is 2.77. The third kappa shape index (κ3) is 1.35. The van der Waals surface area contributed by atoms with E-state index in [1.54, 1.807) is 6.20 Å². The van der Waals surface area contributed by atoms with Gasteiger partial charge in [-0.05, 0) is 18.6 Å². The van der Waals surface area contributed by atoms with Crippen molar-refractivity contribution in [2.45, 2.75) is 6.92 Å². The molecule has 1 aromatic heterocycles. The molecule has 0 radical (unpaired) electrons. The molecule has 0 fully saturated rings. The van der Waals surface area contributed by atoms with Crippen LogP contribution in [0.15, 0.2) is 24.4 Å². The molecule has 2 heteroatoms. The van der Waals surface area contributed by atoms with Crippen molar-refractivity contribution in [3.05, 3.63) is 35.4 Å². The zero-order valence-corrected chi connectivity index (χ0v) is 5.26. The van der Waals surface area contributed by atoms with E-state index in [1.807, 2.05) is 25.1 Å². The Bertz CT molecular complexity index is 255. The van der Waals surface area contributed by atoms with Crippen LogP contribution >= 0.6 is 0 Å². The van der Waals surface area contributed by atoms with Crippen LogP contribution in [-0.4, -0.2) is 4.98 Å². The quantitative estimate of drug-likeness (QED) is 0.542. The molecule has 9 heavy (non-hydrogen) atoms. The lowest BCUT2D eigenvalue weighted by Crippen LogP contribution is -2.03. The van der Waals surface area contributed by atoms with Crippen molar-refractivity contribution in [1.29, 1.82) is 5.41 Å². The summed E-state index contributed by atoms with van der Waals surface area (Å²) in [6, 6.07) is 5.56. The Balaban J connectivity index is 3.42. The summed E-state index contributed by atoms with van der Waals surface area (Å²) in [5.41, 5.74) is 1.25. The second kappa shape index (κ2) is 2.40. The van der Waals surface area contributed by atoms with Gasteiger partial charge in [0.2, 0.25) is 0 Å². The molecular weight excluding hydrogens is 112 g/mol. The van der Waals surface area contributed by atoms with Gasteiger partial charge in [0.25, 0.3) is 0 Å². The lowest BCUT2D eigenvalue weighted by Gasteiger charge is -1.76. The van der Waals surface area contributed by atoms with Crippen molar-refractivity contribution in [1.82, 2.24) is 4.98 Å². The van der Waals surface area contributed by atoms with E-state index in [1.165, 1.54) is 0 Å². The average molecular weight is 120 g/mol. The zero-order chi connectivity index (χ0) is 6.69. The molecule has 1 heterocycles. The largest absolute Gasteiger partial charge is 0.283 e. The van der Waals surface area contributed by atoms with Crippen molar-refractivity contribution in [3.8, 4) is 0 Å². The highest BCUT2D eigenvalue weighted by atomic mass is 14.7. The van der Waals surface area contributed by atoms with Crippen LogP contribution in [0, 0.1) is 12.3 Å². The topological polar surface area (TPSA) is 36.7 Å². The van der Waals surface area contributed by atoms with Crippen LogP contribution in [0.25, 0.3) is 0 Å². The summed E-state index contributed by atoms with van der Waals surface area (Å²) in [6.07, 6.45) is 1.62. The predicted octanol–water partition coefficient (Wildman–Crippen LogP) is 0.869. The molecular formula is C7H8N2. The van der Waals surface area contributed by atoms with Gasteiger partial charge in [-0.2, -0.15) is 0 Å². The van der Waals surface area contributed by atoms with E-state index in [0.717, 1.165) is 5.56 Å². The summed E-state index contributed by atoms with van der Waals surface area (Å²) in [5, 5.41) is 7.23. The highest BCUT2D eigenvalue weighted by molar-refractivity contribution is 5.03. The van der Waals surface area contributed by atoms with Crippen LogP contribution in [0.3, 0.4) is 0 Å². The van der Waals surface area contributed by atoms with Crippen LogP contribution in [0.4, 0.5) is 0 Å². The first-order valence-electron chi connectivity index (χ1n) is 2.77. The Kier molecular flexibility index (Phi) is 1.58. The third-order valence-corrected chi connectivity index (χ3v) is 1.12. The molecule has 1 N–H and O–H groups in total. The Hall–Kier alpha value is -1.18. The number of aryl methyl sites for hydroxylation is 1. The van der Waals surface area contributed by atoms with Gasteiger partial charge >= 0.3 is 0 Å². The minimum absolute atomic E-state index is 0.347. The summed E-state index contributed by atoms with van der Waals surface area (Å²) in [6.45, 7) is 1.87. The standard InChI is InChI=1S/C7H8N2/c1-6-4-2-3-5-9-7(6)8/h2-5,8H,1H3. The van der Waals surface area contributed by atoms with Crippen LogP contribution < -0.4 is 5.49 Å². The van der Waals surface area contributed by atoms with Gasteiger partial charge < -0.3 is 0 Å². The molecule has 0 aromatic carbocycles. The van der Waals surface area contributed by atoms with Gasteiger partial charge in [0, 0.05) is 6.20 Å². The van der Waals surface area contributed by atoms with E-state index < -0.39 is 0 Å². The number of nitrogens with one attached hydrogen (secondary N) is 1. The van der Waals surface area contributed by atoms with Crippen molar-refractivity contribution in [2.75, 3.05) is 0 Å². The smallest absolute Gasteiger partial charge is 0.147 e. The number of hydrogen-bond acceptors (Lipinski definition) is 2. The lowest BCUT2D eigenvalue weighted by molar-refractivity contribution is 1.08. The maximum atomic E-state index is 7.23. The third-order valence-electron chi connectivity index (χ3n) is 1.12. The van der Waals surface area contributed by atoms with Crippen molar-refractivity contribution in [3.63, 3.8) is 0 Å².